The highest BCUT2D eigenvalue weighted by atomic mass is 31.2. The van der Waals surface area contributed by atoms with Crippen LogP contribution in [0.2, 0.25) is 0 Å². The van der Waals surface area contributed by atoms with E-state index in [2.05, 4.69) is 34.6 Å². The average Bonchev–Trinajstić information content (AvgIpc) is 0.899. The van der Waals surface area contributed by atoms with E-state index in [1.54, 1.807) is 0 Å². The fraction of sp³-hybridized carbons (Fsp3) is 0.956. The van der Waals surface area contributed by atoms with E-state index in [4.69, 9.17) is 37.0 Å². The molecule has 0 bridgehead atoms. The molecule has 0 heterocycles. The Kier molecular flexibility index (Phi) is 82.1. The van der Waals surface area contributed by atoms with Crippen molar-refractivity contribution in [2.45, 2.75) is 515 Å². The molecule has 0 aromatic rings. The van der Waals surface area contributed by atoms with Gasteiger partial charge in [-0.15, -0.1) is 0 Å². The third-order valence-corrected chi connectivity index (χ3v) is 23.4. The molecule has 2 unspecified atom stereocenters. The summed E-state index contributed by atoms with van der Waals surface area (Å²) in [5.41, 5.74) is 0. The molecule has 0 amide bonds. The minimum Gasteiger partial charge on any atom is -0.462 e. The van der Waals surface area contributed by atoms with Crippen molar-refractivity contribution in [2.75, 3.05) is 39.6 Å². The van der Waals surface area contributed by atoms with Crippen LogP contribution < -0.4 is 0 Å². The number of aliphatic hydroxyl groups is 1. The van der Waals surface area contributed by atoms with Gasteiger partial charge in [-0.25, -0.2) is 9.13 Å². The van der Waals surface area contributed by atoms with Gasteiger partial charge in [0.15, 0.2) is 12.2 Å². The molecule has 0 aromatic carbocycles. The lowest BCUT2D eigenvalue weighted by molar-refractivity contribution is -0.161. The van der Waals surface area contributed by atoms with E-state index in [-0.39, 0.29) is 25.7 Å². The van der Waals surface area contributed by atoms with Crippen molar-refractivity contribution in [3.63, 3.8) is 0 Å². The Morgan fingerprint density at radius 1 is 0.245 bits per heavy atom. The van der Waals surface area contributed by atoms with Gasteiger partial charge in [0, 0.05) is 25.7 Å². The molecule has 0 saturated carbocycles. The van der Waals surface area contributed by atoms with Crippen molar-refractivity contribution >= 4 is 39.5 Å². The molecule has 17 nitrogen and oxygen atoms in total. The number of carbonyl (C=O) groups excluding carboxylic acids is 4. The molecule has 5 atom stereocenters. The van der Waals surface area contributed by atoms with Crippen LogP contribution in [0.15, 0.2) is 0 Å². The molecule has 654 valence electrons. The number of hydrogen-bond acceptors (Lipinski definition) is 15. The Morgan fingerprint density at radius 3 is 0.618 bits per heavy atom. The third-order valence-electron chi connectivity index (χ3n) is 21.5. The fourth-order valence-corrected chi connectivity index (χ4v) is 15.9. The van der Waals surface area contributed by atoms with Gasteiger partial charge in [-0.2, -0.15) is 0 Å². The molecule has 3 N–H and O–H groups in total. The SMILES string of the molecule is CCCCCCCCCCCCCCCCCCCCCCCCC(=O)OC[C@H](COP(=O)(O)OC[C@@H](O)COP(=O)(O)OC[C@@H](COC(=O)CCCCCCCCCCCCCCC)OC(=O)CCCCCCCCCCCCC(C)C)OC(=O)CCCCCCCCCCCCCCCCCCCCCCCC. The monoisotopic (exact) mass is 1610 g/mol. The van der Waals surface area contributed by atoms with E-state index >= 15 is 0 Å². The van der Waals surface area contributed by atoms with Gasteiger partial charge in [0.05, 0.1) is 26.4 Å². The van der Waals surface area contributed by atoms with Crippen LogP contribution in [-0.2, 0) is 65.4 Å². The summed E-state index contributed by atoms with van der Waals surface area (Å²) in [6, 6.07) is 0. The summed E-state index contributed by atoms with van der Waals surface area (Å²) in [5, 5.41) is 10.7. The molecule has 0 rings (SSSR count). The molecule has 0 fully saturated rings. The summed E-state index contributed by atoms with van der Waals surface area (Å²) in [6.07, 6.45) is 79.4. The third kappa shape index (κ3) is 84.0. The van der Waals surface area contributed by atoms with Gasteiger partial charge in [0.2, 0.25) is 0 Å². The van der Waals surface area contributed by atoms with Crippen LogP contribution in [0.25, 0.3) is 0 Å². The van der Waals surface area contributed by atoms with Crippen LogP contribution in [0.3, 0.4) is 0 Å². The van der Waals surface area contributed by atoms with Crippen LogP contribution >= 0.6 is 15.6 Å². The van der Waals surface area contributed by atoms with Crippen molar-refractivity contribution in [1.29, 1.82) is 0 Å². The van der Waals surface area contributed by atoms with Crippen LogP contribution in [0.4, 0.5) is 0 Å². The number of aliphatic hydroxyl groups excluding tert-OH is 1. The Balaban J connectivity index is 5.22. The van der Waals surface area contributed by atoms with Gasteiger partial charge in [-0.3, -0.25) is 37.3 Å². The quantitative estimate of drug-likeness (QED) is 0.0222. The summed E-state index contributed by atoms with van der Waals surface area (Å²) >= 11 is 0. The van der Waals surface area contributed by atoms with Crippen LogP contribution in [0.5, 0.6) is 0 Å². The highest BCUT2D eigenvalue weighted by molar-refractivity contribution is 7.47. The first-order valence-electron chi connectivity index (χ1n) is 47.1. The maximum Gasteiger partial charge on any atom is 0.472 e. The molecule has 0 spiro atoms. The van der Waals surface area contributed by atoms with Gasteiger partial charge in [0.25, 0.3) is 0 Å². The molecule has 110 heavy (non-hydrogen) atoms. The predicted octanol–water partition coefficient (Wildman–Crippen LogP) is 28.3. The Morgan fingerprint density at radius 2 is 0.418 bits per heavy atom. The van der Waals surface area contributed by atoms with Gasteiger partial charge < -0.3 is 33.8 Å². The van der Waals surface area contributed by atoms with E-state index < -0.39 is 97.5 Å². The fourth-order valence-electron chi connectivity index (χ4n) is 14.4. The largest absolute Gasteiger partial charge is 0.472 e. The molecule has 0 aliphatic rings. The number of phosphoric ester groups is 2. The second kappa shape index (κ2) is 83.5. The van der Waals surface area contributed by atoms with Gasteiger partial charge in [-0.1, -0.05) is 446 Å². The smallest absolute Gasteiger partial charge is 0.462 e. The topological polar surface area (TPSA) is 237 Å². The number of rotatable bonds is 91. The number of esters is 4. The first-order chi connectivity index (χ1) is 53.5. The van der Waals surface area contributed by atoms with Crippen molar-refractivity contribution < 1.29 is 80.2 Å². The van der Waals surface area contributed by atoms with Crippen molar-refractivity contribution in [3.8, 4) is 0 Å². The Bertz CT molecular complexity index is 2080. The predicted molar refractivity (Wildman–Crippen MR) is 455 cm³/mol. The summed E-state index contributed by atoms with van der Waals surface area (Å²) in [5.74, 6) is -1.34. The zero-order chi connectivity index (χ0) is 80.4. The van der Waals surface area contributed by atoms with Crippen molar-refractivity contribution in [2.24, 2.45) is 5.92 Å². The van der Waals surface area contributed by atoms with E-state index in [1.165, 1.54) is 321 Å². The van der Waals surface area contributed by atoms with Crippen molar-refractivity contribution in [1.82, 2.24) is 0 Å². The molecular formula is C91H178O17P2. The van der Waals surface area contributed by atoms with Gasteiger partial charge in [0.1, 0.15) is 19.3 Å². The lowest BCUT2D eigenvalue weighted by atomic mass is 10.0. The molecule has 0 radical (unpaired) electrons. The first kappa shape index (κ1) is 108. The maximum absolute atomic E-state index is 13.2. The van der Waals surface area contributed by atoms with Crippen molar-refractivity contribution in [3.05, 3.63) is 0 Å². The zero-order valence-electron chi connectivity index (χ0n) is 72.4. The van der Waals surface area contributed by atoms with Crippen LogP contribution in [-0.4, -0.2) is 96.7 Å². The highest BCUT2D eigenvalue weighted by Gasteiger charge is 2.31. The number of hydrogen-bond donors (Lipinski definition) is 3. The van der Waals surface area contributed by atoms with Crippen LogP contribution in [0.1, 0.15) is 497 Å². The number of unbranched alkanes of at least 4 members (excludes halogenated alkanes) is 63. The van der Waals surface area contributed by atoms with E-state index in [1.807, 2.05) is 0 Å². The normalized spacial score (nSPS) is 13.7. The number of carbonyl (C=O) groups is 4. The Labute approximate surface area is 677 Å². The molecule has 0 aliphatic carbocycles. The molecular weight excluding hydrogens is 1430 g/mol. The highest BCUT2D eigenvalue weighted by Crippen LogP contribution is 2.45. The summed E-state index contributed by atoms with van der Waals surface area (Å²) in [7, 11) is -9.93. The summed E-state index contributed by atoms with van der Waals surface area (Å²) in [6.45, 7) is 7.38. The van der Waals surface area contributed by atoms with Gasteiger partial charge >= 0.3 is 39.5 Å². The zero-order valence-corrected chi connectivity index (χ0v) is 74.2. The molecule has 19 heteroatoms. The minimum atomic E-state index is -4.97. The number of phosphoric acid groups is 2. The second-order valence-corrected chi connectivity index (χ2v) is 36.1. The average molecular weight is 1610 g/mol. The molecule has 0 aliphatic heterocycles. The van der Waals surface area contributed by atoms with Crippen LogP contribution in [0, 0.1) is 5.92 Å². The first-order valence-corrected chi connectivity index (χ1v) is 50.1. The van der Waals surface area contributed by atoms with E-state index in [0.29, 0.717) is 25.7 Å². The minimum absolute atomic E-state index is 0.107. The second-order valence-electron chi connectivity index (χ2n) is 33.2. The lowest BCUT2D eigenvalue weighted by Crippen LogP contribution is -2.30. The standard InChI is InChI=1S/C91H178O17P2/c1-6-9-12-15-18-21-24-27-29-31-33-35-37-39-41-43-46-49-55-60-65-70-75-89(94)102-80-86(107-90(95)76-71-66-61-56-50-47-44-42-40-38-36-34-32-30-28-25-22-19-16-13-10-7-2)82-105-109(97,98)103-78-85(92)79-104-110(99,100)106-83-87(108-91(96)77-72-67-62-57-52-51-53-58-63-68-73-84(4)5)81-101-88(93)74-69-64-59-54-48-45-26-23-20-17-14-11-8-3/h84-87,92H,6-83H2,1-5H3,(H,97,98)(H,99,100)/t85-,86-,87-/m1/s1. The summed E-state index contributed by atoms with van der Waals surface area (Å²) < 4.78 is 69.0. The lowest BCUT2D eigenvalue weighted by Gasteiger charge is -2.21. The van der Waals surface area contributed by atoms with Gasteiger partial charge in [-0.05, 0) is 31.6 Å². The van der Waals surface area contributed by atoms with E-state index in [0.717, 1.165) is 95.8 Å². The molecule has 0 saturated heterocycles. The van der Waals surface area contributed by atoms with E-state index in [9.17, 15) is 43.2 Å². The number of ether oxygens (including phenoxy) is 4. The Hall–Kier alpha value is -1.94. The molecule has 0 aromatic heterocycles. The maximum atomic E-state index is 13.2. The summed E-state index contributed by atoms with van der Waals surface area (Å²) in [4.78, 5) is 73.4.